The van der Waals surface area contributed by atoms with Crippen LogP contribution in [0.4, 0.5) is 0 Å². The molecule has 0 aliphatic rings. The van der Waals surface area contributed by atoms with Crippen LogP contribution in [0.3, 0.4) is 0 Å². The molecule has 0 bridgehead atoms. The zero-order chi connectivity index (χ0) is 9.97. The Hall–Kier alpha value is -1.91. The molecule has 2 aromatic heterocycles. The molecule has 0 amide bonds. The Morgan fingerprint density at radius 3 is 3.07 bits per heavy atom. The highest BCUT2D eigenvalue weighted by atomic mass is 16.5. The number of Topliss-reactive ketones (excluding diaryl/α,β-unsaturated/α-hetero) is 1. The predicted octanol–water partition coefficient (Wildman–Crippen LogP) is 1.46. The number of ketones is 1. The van der Waals surface area contributed by atoms with Crippen LogP contribution in [0, 0.1) is 0 Å². The maximum Gasteiger partial charge on any atom is 0.293 e. The fourth-order valence-corrected chi connectivity index (χ4v) is 1.05. The molecule has 2 aromatic rings. The molecule has 72 valence electrons. The fraction of sp³-hybridized carbons (Fsp3) is 0.222. The summed E-state index contributed by atoms with van der Waals surface area (Å²) in [5.41, 5.74) is 0. The first-order valence-electron chi connectivity index (χ1n) is 4.11. The molecule has 0 fully saturated rings. The van der Waals surface area contributed by atoms with E-state index in [9.17, 15) is 4.79 Å². The van der Waals surface area contributed by atoms with Crippen molar-refractivity contribution >= 4 is 5.78 Å². The molecule has 0 spiro atoms. The topological polar surface area (TPSA) is 69.1 Å². The van der Waals surface area contributed by atoms with E-state index in [4.69, 9.17) is 8.94 Å². The van der Waals surface area contributed by atoms with Crippen molar-refractivity contribution in [2.24, 2.45) is 0 Å². The van der Waals surface area contributed by atoms with Gasteiger partial charge < -0.3 is 8.94 Å². The Bertz CT molecular complexity index is 431. The second-order valence-electron chi connectivity index (χ2n) is 2.87. The Labute approximate surface area is 79.7 Å². The van der Waals surface area contributed by atoms with Crippen molar-refractivity contribution < 1.29 is 13.7 Å². The van der Waals surface area contributed by atoms with Crippen molar-refractivity contribution in [3.05, 3.63) is 24.2 Å². The zero-order valence-corrected chi connectivity index (χ0v) is 7.56. The van der Waals surface area contributed by atoms with E-state index in [1.54, 1.807) is 12.1 Å². The maximum atomic E-state index is 10.8. The average Bonchev–Trinajstić information content (AvgIpc) is 2.69. The molecule has 0 radical (unpaired) electrons. The summed E-state index contributed by atoms with van der Waals surface area (Å²) >= 11 is 0. The molecule has 0 atom stereocenters. The maximum absolute atomic E-state index is 10.8. The fourth-order valence-electron chi connectivity index (χ4n) is 1.05. The van der Waals surface area contributed by atoms with Crippen LogP contribution in [0.2, 0.25) is 0 Å². The quantitative estimate of drug-likeness (QED) is 0.736. The Kier molecular flexibility index (Phi) is 2.14. The SMILES string of the molecule is CC(=O)Cc1noc(-c2ccco2)n1. The van der Waals surface area contributed by atoms with Crippen LogP contribution in [-0.2, 0) is 11.2 Å². The molecule has 0 aromatic carbocycles. The van der Waals surface area contributed by atoms with Gasteiger partial charge in [0.05, 0.1) is 12.7 Å². The van der Waals surface area contributed by atoms with Gasteiger partial charge >= 0.3 is 0 Å². The van der Waals surface area contributed by atoms with E-state index in [2.05, 4.69) is 10.1 Å². The van der Waals surface area contributed by atoms with Gasteiger partial charge in [0.1, 0.15) is 5.78 Å². The van der Waals surface area contributed by atoms with Gasteiger partial charge in [-0.05, 0) is 19.1 Å². The number of hydrogen-bond acceptors (Lipinski definition) is 5. The van der Waals surface area contributed by atoms with Crippen molar-refractivity contribution in [3.63, 3.8) is 0 Å². The largest absolute Gasteiger partial charge is 0.459 e. The summed E-state index contributed by atoms with van der Waals surface area (Å²) in [6.45, 7) is 1.48. The van der Waals surface area contributed by atoms with Gasteiger partial charge in [-0.2, -0.15) is 4.98 Å². The lowest BCUT2D eigenvalue weighted by atomic mass is 10.3. The van der Waals surface area contributed by atoms with Crippen molar-refractivity contribution in [2.75, 3.05) is 0 Å². The van der Waals surface area contributed by atoms with Crippen molar-refractivity contribution in [3.8, 4) is 11.7 Å². The van der Waals surface area contributed by atoms with Crippen LogP contribution >= 0.6 is 0 Å². The number of nitrogens with zero attached hydrogens (tertiary/aromatic N) is 2. The summed E-state index contributed by atoms with van der Waals surface area (Å²) < 4.78 is 9.96. The summed E-state index contributed by atoms with van der Waals surface area (Å²) in [5, 5.41) is 3.65. The van der Waals surface area contributed by atoms with Gasteiger partial charge in [-0.15, -0.1) is 0 Å². The molecule has 0 N–H and O–H groups in total. The minimum absolute atomic E-state index is 0.00297. The number of carbonyl (C=O) groups excluding carboxylic acids is 1. The summed E-state index contributed by atoms with van der Waals surface area (Å²) in [7, 11) is 0. The Morgan fingerprint density at radius 2 is 2.43 bits per heavy atom. The lowest BCUT2D eigenvalue weighted by Crippen LogP contribution is -1.97. The molecule has 5 nitrogen and oxygen atoms in total. The first kappa shape index (κ1) is 8.68. The molecule has 2 rings (SSSR count). The third kappa shape index (κ3) is 1.71. The van der Waals surface area contributed by atoms with E-state index in [0.29, 0.717) is 17.5 Å². The molecular weight excluding hydrogens is 184 g/mol. The van der Waals surface area contributed by atoms with Crippen LogP contribution in [0.1, 0.15) is 12.7 Å². The summed E-state index contributed by atoms with van der Waals surface area (Å²) in [6, 6.07) is 3.44. The van der Waals surface area contributed by atoms with Gasteiger partial charge in [0.2, 0.25) is 0 Å². The number of carbonyl (C=O) groups is 1. The van der Waals surface area contributed by atoms with E-state index in [0.717, 1.165) is 0 Å². The highest BCUT2D eigenvalue weighted by Gasteiger charge is 2.11. The van der Waals surface area contributed by atoms with E-state index in [1.807, 2.05) is 0 Å². The monoisotopic (exact) mass is 192 g/mol. The standard InChI is InChI=1S/C9H8N2O3/c1-6(12)5-8-10-9(14-11-8)7-3-2-4-13-7/h2-4H,5H2,1H3. The van der Waals surface area contributed by atoms with Gasteiger partial charge in [0.15, 0.2) is 11.6 Å². The summed E-state index contributed by atoms with van der Waals surface area (Å²) in [4.78, 5) is 14.8. The second kappa shape index (κ2) is 3.45. The lowest BCUT2D eigenvalue weighted by Gasteiger charge is -1.84. The molecular formula is C9H8N2O3. The first-order chi connectivity index (χ1) is 6.75. The molecule has 2 heterocycles. The van der Waals surface area contributed by atoms with Gasteiger partial charge in [-0.1, -0.05) is 5.16 Å². The molecule has 0 aliphatic carbocycles. The second-order valence-corrected chi connectivity index (χ2v) is 2.87. The summed E-state index contributed by atoms with van der Waals surface area (Å²) in [5.74, 6) is 1.18. The molecule has 0 aliphatic heterocycles. The highest BCUT2D eigenvalue weighted by Crippen LogP contribution is 2.16. The van der Waals surface area contributed by atoms with Gasteiger partial charge in [0, 0.05) is 0 Å². The van der Waals surface area contributed by atoms with Gasteiger partial charge in [0.25, 0.3) is 5.89 Å². The zero-order valence-electron chi connectivity index (χ0n) is 7.56. The molecule has 14 heavy (non-hydrogen) atoms. The van der Waals surface area contributed by atoms with Crippen LogP contribution in [0.5, 0.6) is 0 Å². The van der Waals surface area contributed by atoms with Crippen LogP contribution < -0.4 is 0 Å². The first-order valence-corrected chi connectivity index (χ1v) is 4.11. The number of rotatable bonds is 3. The molecule has 0 saturated carbocycles. The summed E-state index contributed by atoms with van der Waals surface area (Å²) in [6.07, 6.45) is 1.70. The molecule has 5 heteroatoms. The van der Waals surface area contributed by atoms with Crippen LogP contribution in [-0.4, -0.2) is 15.9 Å². The van der Waals surface area contributed by atoms with Crippen molar-refractivity contribution in [2.45, 2.75) is 13.3 Å². The smallest absolute Gasteiger partial charge is 0.293 e. The van der Waals surface area contributed by atoms with Gasteiger partial charge in [-0.3, -0.25) is 4.79 Å². The van der Waals surface area contributed by atoms with E-state index < -0.39 is 0 Å². The Morgan fingerprint density at radius 1 is 1.57 bits per heavy atom. The van der Waals surface area contributed by atoms with Crippen molar-refractivity contribution in [1.29, 1.82) is 0 Å². The predicted molar refractivity (Wildman–Crippen MR) is 46.4 cm³/mol. The van der Waals surface area contributed by atoms with Crippen molar-refractivity contribution in [1.82, 2.24) is 10.1 Å². The average molecular weight is 192 g/mol. The van der Waals surface area contributed by atoms with Crippen LogP contribution in [0.15, 0.2) is 27.3 Å². The minimum atomic E-state index is -0.00297. The normalized spacial score (nSPS) is 10.4. The third-order valence-corrected chi connectivity index (χ3v) is 1.61. The number of furan rings is 1. The minimum Gasteiger partial charge on any atom is -0.459 e. The lowest BCUT2D eigenvalue weighted by molar-refractivity contribution is -0.116. The molecule has 0 saturated heterocycles. The van der Waals surface area contributed by atoms with Gasteiger partial charge in [-0.25, -0.2) is 0 Å². The van der Waals surface area contributed by atoms with Crippen LogP contribution in [0.25, 0.3) is 11.7 Å². The van der Waals surface area contributed by atoms with E-state index in [1.165, 1.54) is 13.2 Å². The molecule has 0 unspecified atom stereocenters. The van der Waals surface area contributed by atoms with E-state index in [-0.39, 0.29) is 12.2 Å². The number of aromatic nitrogens is 2. The van der Waals surface area contributed by atoms with E-state index >= 15 is 0 Å². The number of hydrogen-bond donors (Lipinski definition) is 0. The highest BCUT2D eigenvalue weighted by molar-refractivity contribution is 5.77. The third-order valence-electron chi connectivity index (χ3n) is 1.61. The Balaban J connectivity index is 2.22.